The molecule has 1 amide bonds. The molecule has 1 fully saturated rings. The number of ketones is 1. The maximum Gasteiger partial charge on any atom is 0.410 e. The summed E-state index contributed by atoms with van der Waals surface area (Å²) in [6.45, 7) is 6.44. The standard InChI is InChI=1S/C26H33F2N5O3/c1-26(2,3)36-25(35)33-11-9-20(10-12-33)32-16-19(15-31)17(13-29)7-8-18(14-30)24(34)23-21(27)5-4-6-22(23)28/h4-6,8,13-17,19-20,29-31H,7,9-12H2,1-3H3/b18-8-,29-13?,30-14?,31-15?,32-16?. The first-order valence-electron chi connectivity index (χ1n) is 11.7. The average molecular weight is 502 g/mol. The highest BCUT2D eigenvalue weighted by molar-refractivity contribution is 6.20. The fraction of sp³-hybridized carbons (Fsp3) is 0.462. The van der Waals surface area contributed by atoms with E-state index in [9.17, 15) is 18.4 Å². The summed E-state index contributed by atoms with van der Waals surface area (Å²) in [4.78, 5) is 31.0. The fourth-order valence-corrected chi connectivity index (χ4v) is 3.70. The van der Waals surface area contributed by atoms with Crippen LogP contribution in [0.2, 0.25) is 0 Å². The molecule has 2 atom stereocenters. The maximum atomic E-state index is 14.0. The number of carbonyl (C=O) groups excluding carboxylic acids is 2. The molecule has 0 radical (unpaired) electrons. The monoisotopic (exact) mass is 501 g/mol. The lowest BCUT2D eigenvalue weighted by molar-refractivity contribution is 0.0207. The Hall–Kier alpha value is -3.56. The number of amides is 1. The van der Waals surface area contributed by atoms with Gasteiger partial charge in [0.1, 0.15) is 17.2 Å². The Bertz CT molecular complexity index is 1020. The second-order valence-corrected chi connectivity index (χ2v) is 9.54. The van der Waals surface area contributed by atoms with Gasteiger partial charge in [-0.2, -0.15) is 0 Å². The number of hydrogen-bond acceptors (Lipinski definition) is 7. The van der Waals surface area contributed by atoms with Crippen LogP contribution in [0.4, 0.5) is 13.6 Å². The highest BCUT2D eigenvalue weighted by Crippen LogP contribution is 2.20. The Morgan fingerprint density at radius 3 is 2.25 bits per heavy atom. The molecule has 2 unspecified atom stereocenters. The van der Waals surface area contributed by atoms with Gasteiger partial charge in [-0.05, 0) is 58.4 Å². The van der Waals surface area contributed by atoms with E-state index < -0.39 is 40.4 Å². The van der Waals surface area contributed by atoms with Crippen molar-refractivity contribution in [1.29, 1.82) is 16.2 Å². The summed E-state index contributed by atoms with van der Waals surface area (Å²) < 4.78 is 33.4. The van der Waals surface area contributed by atoms with E-state index in [0.717, 1.165) is 36.8 Å². The Labute approximate surface area is 210 Å². The molecule has 0 spiro atoms. The molecule has 1 aromatic rings. The number of carbonyl (C=O) groups is 2. The van der Waals surface area contributed by atoms with E-state index in [1.807, 2.05) is 20.8 Å². The Balaban J connectivity index is 2.03. The van der Waals surface area contributed by atoms with Crippen molar-refractivity contribution in [3.05, 3.63) is 47.0 Å². The minimum atomic E-state index is -1.02. The van der Waals surface area contributed by atoms with Crippen molar-refractivity contribution in [3.8, 4) is 0 Å². The van der Waals surface area contributed by atoms with Gasteiger partial charge in [0.25, 0.3) is 0 Å². The summed E-state index contributed by atoms with van der Waals surface area (Å²) >= 11 is 0. The molecule has 0 aliphatic carbocycles. The predicted molar refractivity (Wildman–Crippen MR) is 136 cm³/mol. The molecule has 1 saturated heterocycles. The number of likely N-dealkylation sites (tertiary alicyclic amines) is 1. The second kappa shape index (κ2) is 12.9. The first-order chi connectivity index (χ1) is 17.0. The number of ether oxygens (including phenoxy) is 1. The van der Waals surface area contributed by atoms with E-state index in [4.69, 9.17) is 21.0 Å². The predicted octanol–water partition coefficient (Wildman–Crippen LogP) is 5.12. The van der Waals surface area contributed by atoms with Gasteiger partial charge in [-0.15, -0.1) is 0 Å². The van der Waals surface area contributed by atoms with Crippen molar-refractivity contribution in [2.75, 3.05) is 13.1 Å². The summed E-state index contributed by atoms with van der Waals surface area (Å²) in [6, 6.07) is 3.04. The largest absolute Gasteiger partial charge is 0.444 e. The van der Waals surface area contributed by atoms with E-state index in [1.54, 1.807) is 11.1 Å². The summed E-state index contributed by atoms with van der Waals surface area (Å²) in [5, 5.41) is 23.1. The van der Waals surface area contributed by atoms with Crippen LogP contribution in [0.1, 0.15) is 50.4 Å². The number of nitrogens with one attached hydrogen (secondary N) is 3. The molecular formula is C26H33F2N5O3. The highest BCUT2D eigenvalue weighted by atomic mass is 19.1. The summed E-state index contributed by atoms with van der Waals surface area (Å²) in [7, 11) is 0. The quantitative estimate of drug-likeness (QED) is 0.234. The Morgan fingerprint density at radius 2 is 1.75 bits per heavy atom. The zero-order valence-electron chi connectivity index (χ0n) is 20.8. The number of halogens is 2. The van der Waals surface area contributed by atoms with Crippen LogP contribution < -0.4 is 0 Å². The van der Waals surface area contributed by atoms with Crippen LogP contribution in [0.5, 0.6) is 0 Å². The minimum absolute atomic E-state index is 0.0455. The molecule has 10 heteroatoms. The molecule has 0 aromatic heterocycles. The lowest BCUT2D eigenvalue weighted by Gasteiger charge is -2.32. The highest BCUT2D eigenvalue weighted by Gasteiger charge is 2.27. The van der Waals surface area contributed by atoms with Gasteiger partial charge in [-0.3, -0.25) is 9.79 Å². The van der Waals surface area contributed by atoms with Crippen LogP contribution in [-0.4, -0.2) is 66.4 Å². The first-order valence-corrected chi connectivity index (χ1v) is 11.7. The smallest absolute Gasteiger partial charge is 0.410 e. The van der Waals surface area contributed by atoms with Crippen molar-refractivity contribution >= 4 is 36.7 Å². The average Bonchev–Trinajstić information content (AvgIpc) is 2.82. The molecular weight excluding hydrogens is 468 g/mol. The zero-order valence-corrected chi connectivity index (χ0v) is 20.8. The van der Waals surface area contributed by atoms with E-state index in [2.05, 4.69) is 4.99 Å². The van der Waals surface area contributed by atoms with Crippen molar-refractivity contribution in [2.45, 2.75) is 51.7 Å². The summed E-state index contributed by atoms with van der Waals surface area (Å²) in [6.07, 6.45) is 6.94. The number of piperidine rings is 1. The van der Waals surface area contributed by atoms with Gasteiger partial charge in [0.15, 0.2) is 5.78 Å². The van der Waals surface area contributed by atoms with Gasteiger partial charge in [-0.1, -0.05) is 12.1 Å². The molecule has 0 bridgehead atoms. The van der Waals surface area contributed by atoms with Crippen molar-refractivity contribution < 1.29 is 23.1 Å². The molecule has 2 rings (SSSR count). The number of nitrogens with zero attached hydrogens (tertiary/aromatic N) is 2. The van der Waals surface area contributed by atoms with Crippen molar-refractivity contribution in [1.82, 2.24) is 4.90 Å². The Kier molecular flexibility index (Phi) is 10.3. The third-order valence-corrected chi connectivity index (χ3v) is 5.70. The van der Waals surface area contributed by atoms with Crippen molar-refractivity contribution in [3.63, 3.8) is 0 Å². The third-order valence-electron chi connectivity index (χ3n) is 5.70. The number of rotatable bonds is 10. The first kappa shape index (κ1) is 28.7. The van der Waals surface area contributed by atoms with E-state index in [-0.39, 0.29) is 24.1 Å². The summed E-state index contributed by atoms with van der Waals surface area (Å²) in [5.41, 5.74) is -1.51. The van der Waals surface area contributed by atoms with Gasteiger partial charge in [0, 0.05) is 49.1 Å². The molecule has 1 aliphatic rings. The SMILES string of the molecule is CC(C)(C)OC(=O)N1CCC(N=CC(C=N)C(C=N)C/C=C(/C=N)C(=O)c2c(F)cccc2F)CC1. The van der Waals surface area contributed by atoms with E-state index in [0.29, 0.717) is 25.9 Å². The fourth-order valence-electron chi connectivity index (χ4n) is 3.70. The molecule has 0 saturated carbocycles. The second-order valence-electron chi connectivity index (χ2n) is 9.54. The van der Waals surface area contributed by atoms with Gasteiger partial charge in [0.2, 0.25) is 0 Å². The molecule has 36 heavy (non-hydrogen) atoms. The topological polar surface area (TPSA) is 131 Å². The number of Topliss-reactive ketones (excluding diaryl/α,β-unsaturated/α-hetero) is 1. The van der Waals surface area contributed by atoms with Gasteiger partial charge >= 0.3 is 6.09 Å². The lowest BCUT2D eigenvalue weighted by atomic mass is 9.90. The van der Waals surface area contributed by atoms with Crippen LogP contribution in [0.15, 0.2) is 34.8 Å². The van der Waals surface area contributed by atoms with Crippen LogP contribution in [0.25, 0.3) is 0 Å². The number of benzene rings is 1. The third kappa shape index (κ3) is 8.00. The van der Waals surface area contributed by atoms with E-state index in [1.165, 1.54) is 6.08 Å². The number of hydrogen-bond donors (Lipinski definition) is 3. The Morgan fingerprint density at radius 1 is 1.14 bits per heavy atom. The number of aliphatic imine (C=N–C) groups is 1. The zero-order chi connectivity index (χ0) is 26.9. The van der Waals surface area contributed by atoms with Crippen molar-refractivity contribution in [2.24, 2.45) is 16.8 Å². The number of allylic oxidation sites excluding steroid dienone is 2. The lowest BCUT2D eigenvalue weighted by Crippen LogP contribution is -2.42. The van der Waals surface area contributed by atoms with Crippen LogP contribution in [0.3, 0.4) is 0 Å². The van der Waals surface area contributed by atoms with Gasteiger partial charge in [0.05, 0.1) is 11.6 Å². The van der Waals surface area contributed by atoms with Crippen LogP contribution in [0, 0.1) is 39.7 Å². The molecule has 8 nitrogen and oxygen atoms in total. The molecule has 194 valence electrons. The maximum absolute atomic E-state index is 14.0. The normalized spacial score (nSPS) is 16.9. The van der Waals surface area contributed by atoms with Gasteiger partial charge in [-0.25, -0.2) is 13.6 Å². The minimum Gasteiger partial charge on any atom is -0.444 e. The van der Waals surface area contributed by atoms with E-state index >= 15 is 0 Å². The molecule has 1 heterocycles. The van der Waals surface area contributed by atoms with Crippen LogP contribution >= 0.6 is 0 Å². The van der Waals surface area contributed by atoms with Gasteiger partial charge < -0.3 is 25.9 Å². The van der Waals surface area contributed by atoms with Crippen LogP contribution in [-0.2, 0) is 4.74 Å². The summed E-state index contributed by atoms with van der Waals surface area (Å²) in [5.74, 6) is -4.07. The molecule has 1 aliphatic heterocycles. The molecule has 1 aromatic carbocycles. The molecule has 3 N–H and O–H groups in total.